The van der Waals surface area contributed by atoms with E-state index in [2.05, 4.69) is 31.0 Å². The van der Waals surface area contributed by atoms with E-state index in [4.69, 9.17) is 10.5 Å². The molecule has 1 aromatic carbocycles. The van der Waals surface area contributed by atoms with Crippen molar-refractivity contribution in [2.75, 3.05) is 20.2 Å². The van der Waals surface area contributed by atoms with Gasteiger partial charge in [-0.25, -0.2) is 0 Å². The number of aryl methyl sites for hydroxylation is 1. The highest BCUT2D eigenvalue weighted by molar-refractivity contribution is 5.27. The van der Waals surface area contributed by atoms with Gasteiger partial charge in [-0.3, -0.25) is 0 Å². The monoisotopic (exact) mass is 276 g/mol. The van der Waals surface area contributed by atoms with Crippen molar-refractivity contribution in [1.29, 1.82) is 0 Å². The highest BCUT2D eigenvalue weighted by atomic mass is 16.5. The van der Waals surface area contributed by atoms with Gasteiger partial charge in [-0.1, -0.05) is 12.1 Å². The molecule has 1 aliphatic carbocycles. The smallest absolute Gasteiger partial charge is 0.119 e. The summed E-state index contributed by atoms with van der Waals surface area (Å²) in [6.07, 6.45) is 5.92. The van der Waals surface area contributed by atoms with E-state index in [0.717, 1.165) is 25.3 Å². The Morgan fingerprint density at radius 1 is 1.25 bits per heavy atom. The molecule has 1 fully saturated rings. The van der Waals surface area contributed by atoms with Gasteiger partial charge in [-0.2, -0.15) is 0 Å². The minimum atomic E-state index is 0.435. The molecule has 0 aliphatic heterocycles. The number of rotatable bonds is 6. The van der Waals surface area contributed by atoms with E-state index in [-0.39, 0.29) is 0 Å². The number of hydrogen-bond donors (Lipinski definition) is 1. The summed E-state index contributed by atoms with van der Waals surface area (Å²) < 4.78 is 5.79. The van der Waals surface area contributed by atoms with Gasteiger partial charge in [0.2, 0.25) is 0 Å². The lowest BCUT2D eigenvalue weighted by Gasteiger charge is -2.33. The maximum Gasteiger partial charge on any atom is 0.119 e. The highest BCUT2D eigenvalue weighted by Crippen LogP contribution is 2.21. The van der Waals surface area contributed by atoms with E-state index >= 15 is 0 Å². The van der Waals surface area contributed by atoms with E-state index in [1.807, 2.05) is 12.1 Å². The molecule has 0 heterocycles. The van der Waals surface area contributed by atoms with E-state index in [1.54, 1.807) is 0 Å². The maximum absolute atomic E-state index is 5.96. The Hall–Kier alpha value is -1.06. The Balaban J connectivity index is 1.63. The fourth-order valence-corrected chi connectivity index (χ4v) is 2.93. The largest absolute Gasteiger partial charge is 0.494 e. The molecular formula is C17H28N2O. The van der Waals surface area contributed by atoms with Crippen molar-refractivity contribution in [1.82, 2.24) is 4.90 Å². The average molecular weight is 276 g/mol. The quantitative estimate of drug-likeness (QED) is 0.812. The summed E-state index contributed by atoms with van der Waals surface area (Å²) in [6, 6.07) is 9.40. The Morgan fingerprint density at radius 3 is 2.70 bits per heavy atom. The van der Waals surface area contributed by atoms with Crippen molar-refractivity contribution in [3.63, 3.8) is 0 Å². The molecule has 3 heteroatoms. The molecule has 0 spiro atoms. The number of hydrogen-bond acceptors (Lipinski definition) is 3. The molecule has 0 unspecified atom stereocenters. The van der Waals surface area contributed by atoms with E-state index < -0.39 is 0 Å². The first-order chi connectivity index (χ1) is 9.65. The highest BCUT2D eigenvalue weighted by Gasteiger charge is 2.21. The van der Waals surface area contributed by atoms with E-state index in [9.17, 15) is 0 Å². The van der Waals surface area contributed by atoms with Crippen molar-refractivity contribution in [3.05, 3.63) is 29.8 Å². The van der Waals surface area contributed by atoms with Crippen LogP contribution in [0.15, 0.2) is 24.3 Å². The number of nitrogens with zero attached hydrogens (tertiary/aromatic N) is 1. The molecule has 2 N–H and O–H groups in total. The van der Waals surface area contributed by atoms with Gasteiger partial charge in [0.15, 0.2) is 0 Å². The fourth-order valence-electron chi connectivity index (χ4n) is 2.93. The minimum Gasteiger partial charge on any atom is -0.494 e. The van der Waals surface area contributed by atoms with Crippen LogP contribution >= 0.6 is 0 Å². The lowest BCUT2D eigenvalue weighted by molar-refractivity contribution is 0.170. The molecule has 20 heavy (non-hydrogen) atoms. The van der Waals surface area contributed by atoms with Crippen LogP contribution in [0, 0.1) is 6.92 Å². The third-order valence-corrected chi connectivity index (χ3v) is 4.28. The lowest BCUT2D eigenvalue weighted by Crippen LogP contribution is -2.39. The molecule has 2 rings (SSSR count). The average Bonchev–Trinajstić information content (AvgIpc) is 2.44. The zero-order valence-electron chi connectivity index (χ0n) is 12.8. The number of ether oxygens (including phenoxy) is 1. The van der Waals surface area contributed by atoms with Crippen LogP contribution in [0.25, 0.3) is 0 Å². The van der Waals surface area contributed by atoms with E-state index in [1.165, 1.54) is 31.2 Å². The second kappa shape index (κ2) is 7.65. The van der Waals surface area contributed by atoms with Gasteiger partial charge in [0.05, 0.1) is 6.61 Å². The normalized spacial score (nSPS) is 23.0. The SMILES string of the molecule is Cc1cccc(OCCCN(C)C2CCC(N)CC2)c1. The second-order valence-corrected chi connectivity index (χ2v) is 6.07. The predicted octanol–water partition coefficient (Wildman–Crippen LogP) is 2.97. The molecule has 1 aromatic rings. The van der Waals surface area contributed by atoms with Crippen LogP contribution in [0.3, 0.4) is 0 Å². The van der Waals surface area contributed by atoms with Crippen LogP contribution in [-0.4, -0.2) is 37.2 Å². The zero-order valence-corrected chi connectivity index (χ0v) is 12.8. The molecule has 1 saturated carbocycles. The third-order valence-electron chi connectivity index (χ3n) is 4.28. The third kappa shape index (κ3) is 4.80. The summed E-state index contributed by atoms with van der Waals surface area (Å²) in [5.74, 6) is 0.983. The molecule has 0 aromatic heterocycles. The van der Waals surface area contributed by atoms with Gasteiger partial charge >= 0.3 is 0 Å². The van der Waals surface area contributed by atoms with Crippen LogP contribution < -0.4 is 10.5 Å². The van der Waals surface area contributed by atoms with Crippen LogP contribution in [0.5, 0.6) is 5.75 Å². The molecule has 3 nitrogen and oxygen atoms in total. The van der Waals surface area contributed by atoms with Crippen molar-refractivity contribution < 1.29 is 4.74 Å². The lowest BCUT2D eigenvalue weighted by atomic mass is 9.91. The first-order valence-corrected chi connectivity index (χ1v) is 7.80. The summed E-state index contributed by atoms with van der Waals surface area (Å²) in [4.78, 5) is 2.48. The molecular weight excluding hydrogens is 248 g/mol. The van der Waals surface area contributed by atoms with Gasteiger partial charge in [-0.15, -0.1) is 0 Å². The van der Waals surface area contributed by atoms with E-state index in [0.29, 0.717) is 12.1 Å². The summed E-state index contributed by atoms with van der Waals surface area (Å²) in [7, 11) is 2.23. The fraction of sp³-hybridized carbons (Fsp3) is 0.647. The van der Waals surface area contributed by atoms with Crippen LogP contribution in [0.4, 0.5) is 0 Å². The number of benzene rings is 1. The predicted molar refractivity (Wildman–Crippen MR) is 84.2 cm³/mol. The first-order valence-electron chi connectivity index (χ1n) is 7.80. The van der Waals surface area contributed by atoms with Gasteiger partial charge < -0.3 is 15.4 Å². The van der Waals surface area contributed by atoms with Crippen LogP contribution in [-0.2, 0) is 0 Å². The van der Waals surface area contributed by atoms with Gasteiger partial charge in [0, 0.05) is 18.6 Å². The molecule has 0 bridgehead atoms. The molecule has 0 amide bonds. The van der Waals surface area contributed by atoms with Crippen molar-refractivity contribution in [3.8, 4) is 5.75 Å². The molecule has 0 radical (unpaired) electrons. The van der Waals surface area contributed by atoms with Crippen LogP contribution in [0.2, 0.25) is 0 Å². The van der Waals surface area contributed by atoms with Gasteiger partial charge in [-0.05, 0) is 63.8 Å². The van der Waals surface area contributed by atoms with Crippen molar-refractivity contribution >= 4 is 0 Å². The summed E-state index contributed by atoms with van der Waals surface area (Å²) >= 11 is 0. The Labute approximate surface area is 123 Å². The zero-order chi connectivity index (χ0) is 14.4. The van der Waals surface area contributed by atoms with Gasteiger partial charge in [0.1, 0.15) is 5.75 Å². The van der Waals surface area contributed by atoms with Gasteiger partial charge in [0.25, 0.3) is 0 Å². The number of nitrogens with two attached hydrogens (primary N) is 1. The Kier molecular flexibility index (Phi) is 5.86. The van der Waals surface area contributed by atoms with Crippen molar-refractivity contribution in [2.45, 2.75) is 51.1 Å². The summed E-state index contributed by atoms with van der Waals surface area (Å²) in [5, 5.41) is 0. The maximum atomic E-state index is 5.96. The molecule has 0 saturated heterocycles. The summed E-state index contributed by atoms with van der Waals surface area (Å²) in [5.41, 5.74) is 7.21. The Bertz CT molecular complexity index is 400. The molecule has 0 atom stereocenters. The standard InChI is InChI=1S/C17H28N2O/c1-14-5-3-6-17(13-14)20-12-4-11-19(2)16-9-7-15(18)8-10-16/h3,5-6,13,15-16H,4,7-12,18H2,1-2H3. The van der Waals surface area contributed by atoms with Crippen molar-refractivity contribution in [2.24, 2.45) is 5.73 Å². The first kappa shape index (κ1) is 15.3. The topological polar surface area (TPSA) is 38.5 Å². The summed E-state index contributed by atoms with van der Waals surface area (Å²) in [6.45, 7) is 3.99. The minimum absolute atomic E-state index is 0.435. The molecule has 1 aliphatic rings. The molecule has 112 valence electrons. The van der Waals surface area contributed by atoms with Crippen LogP contribution in [0.1, 0.15) is 37.7 Å². The second-order valence-electron chi connectivity index (χ2n) is 6.07. The Morgan fingerprint density at radius 2 is 2.00 bits per heavy atom.